The number of nitrogens with one attached hydrogen (secondary N) is 1. The van der Waals surface area contributed by atoms with Gasteiger partial charge in [0.2, 0.25) is 0 Å². The highest BCUT2D eigenvalue weighted by molar-refractivity contribution is 14.1. The zero-order valence-corrected chi connectivity index (χ0v) is 22.6. The number of methoxy groups -OCH3 is 1. The molecule has 0 aromatic heterocycles. The Morgan fingerprint density at radius 3 is 2.50 bits per heavy atom. The van der Waals surface area contributed by atoms with E-state index < -0.39 is 11.9 Å². The molecule has 0 heterocycles. The van der Waals surface area contributed by atoms with Gasteiger partial charge in [0.05, 0.1) is 33.6 Å². The number of amides is 1. The van der Waals surface area contributed by atoms with Gasteiger partial charge >= 0.3 is 5.97 Å². The lowest BCUT2D eigenvalue weighted by Gasteiger charge is -2.14. The topological polar surface area (TPSA) is 97.6 Å². The maximum Gasteiger partial charge on any atom is 0.343 e. The Bertz CT molecular complexity index is 1340. The summed E-state index contributed by atoms with van der Waals surface area (Å²) in [5, 5.41) is 12.7. The largest absolute Gasteiger partial charge is 0.497 e. The summed E-state index contributed by atoms with van der Waals surface area (Å²) < 4.78 is 17.0. The number of aryl methyl sites for hydroxylation is 1. The van der Waals surface area contributed by atoms with E-state index in [1.165, 1.54) is 6.08 Å². The van der Waals surface area contributed by atoms with E-state index in [4.69, 9.17) is 25.8 Å². The number of para-hydroxylation sites is 1. The lowest BCUT2D eigenvalue weighted by molar-refractivity contribution is -0.112. The molecule has 9 heteroatoms. The van der Waals surface area contributed by atoms with Crippen LogP contribution in [0, 0.1) is 21.8 Å². The van der Waals surface area contributed by atoms with Crippen LogP contribution in [-0.2, 0) is 4.79 Å². The quantitative estimate of drug-likeness (QED) is 0.103. The molecular formula is C27H22ClIN2O5. The number of ether oxygens (including phenoxy) is 3. The minimum Gasteiger partial charge on any atom is -0.497 e. The first kappa shape index (κ1) is 27.0. The summed E-state index contributed by atoms with van der Waals surface area (Å²) in [6.07, 6.45) is 1.43. The molecule has 3 rings (SSSR count). The third kappa shape index (κ3) is 6.56. The standard InChI is InChI=1S/C27H22ClIN2O5/c1-4-35-23-14-17(12-19(15-30)26(32)31-24-16(2)6-5-7-21(24)28)13-22(29)25(23)36-27(33)18-8-10-20(34-3)11-9-18/h5-14H,4H2,1-3H3,(H,31,32)/b19-12+. The van der Waals surface area contributed by atoms with E-state index in [-0.39, 0.29) is 11.3 Å². The van der Waals surface area contributed by atoms with Gasteiger partial charge < -0.3 is 19.5 Å². The van der Waals surface area contributed by atoms with Gasteiger partial charge in [-0.1, -0.05) is 23.7 Å². The van der Waals surface area contributed by atoms with E-state index in [0.29, 0.717) is 43.5 Å². The van der Waals surface area contributed by atoms with Crippen molar-refractivity contribution < 1.29 is 23.8 Å². The Kier molecular flexibility index (Phi) is 9.33. The molecule has 0 fully saturated rings. The second-order valence-electron chi connectivity index (χ2n) is 7.44. The van der Waals surface area contributed by atoms with Crippen LogP contribution in [0.4, 0.5) is 5.69 Å². The number of halogens is 2. The fourth-order valence-corrected chi connectivity index (χ4v) is 4.20. The minimum absolute atomic E-state index is 0.129. The van der Waals surface area contributed by atoms with Gasteiger partial charge in [0.1, 0.15) is 17.4 Å². The lowest BCUT2D eigenvalue weighted by Crippen LogP contribution is -2.14. The van der Waals surface area contributed by atoms with Gasteiger partial charge in [-0.05, 0) is 96.1 Å². The number of anilines is 1. The molecular weight excluding hydrogens is 595 g/mol. The number of carbonyl (C=O) groups excluding carboxylic acids is 2. The normalized spacial score (nSPS) is 10.8. The van der Waals surface area contributed by atoms with Crippen molar-refractivity contribution in [2.45, 2.75) is 13.8 Å². The van der Waals surface area contributed by atoms with Crippen LogP contribution in [0.25, 0.3) is 6.08 Å². The van der Waals surface area contributed by atoms with Crippen LogP contribution in [0.2, 0.25) is 5.02 Å². The number of hydrogen-bond acceptors (Lipinski definition) is 6. The van der Waals surface area contributed by atoms with Gasteiger partial charge in [-0.25, -0.2) is 4.79 Å². The molecule has 0 bridgehead atoms. The SMILES string of the molecule is CCOc1cc(/C=C(\C#N)C(=O)Nc2c(C)cccc2Cl)cc(I)c1OC(=O)c1ccc(OC)cc1. The lowest BCUT2D eigenvalue weighted by atomic mass is 10.1. The molecule has 0 aliphatic rings. The summed E-state index contributed by atoms with van der Waals surface area (Å²) in [6, 6.07) is 17.0. The fraction of sp³-hybridized carbons (Fsp3) is 0.148. The first-order valence-electron chi connectivity index (χ1n) is 10.8. The van der Waals surface area contributed by atoms with Gasteiger partial charge in [0.25, 0.3) is 5.91 Å². The van der Waals surface area contributed by atoms with E-state index in [2.05, 4.69) is 5.32 Å². The smallest absolute Gasteiger partial charge is 0.343 e. The number of esters is 1. The Morgan fingerprint density at radius 2 is 1.89 bits per heavy atom. The maximum absolute atomic E-state index is 12.8. The number of hydrogen-bond donors (Lipinski definition) is 1. The number of rotatable bonds is 8. The molecule has 36 heavy (non-hydrogen) atoms. The van der Waals surface area contributed by atoms with Crippen LogP contribution in [0.1, 0.15) is 28.4 Å². The molecule has 0 spiro atoms. The predicted octanol–water partition coefficient (Wildman–Crippen LogP) is 6.43. The van der Waals surface area contributed by atoms with Crippen molar-refractivity contribution in [3.8, 4) is 23.3 Å². The zero-order valence-electron chi connectivity index (χ0n) is 19.7. The van der Waals surface area contributed by atoms with Crippen molar-refractivity contribution in [1.29, 1.82) is 5.26 Å². The minimum atomic E-state index is -0.600. The van der Waals surface area contributed by atoms with E-state index in [1.807, 2.05) is 28.7 Å². The summed E-state index contributed by atoms with van der Waals surface area (Å²) in [5.74, 6) is 0.000210. The highest BCUT2D eigenvalue weighted by Gasteiger charge is 2.19. The number of carbonyl (C=O) groups is 2. The van der Waals surface area contributed by atoms with E-state index in [0.717, 1.165) is 5.56 Å². The van der Waals surface area contributed by atoms with Gasteiger partial charge in [-0.15, -0.1) is 0 Å². The van der Waals surface area contributed by atoms with Crippen molar-refractivity contribution >= 4 is 57.8 Å². The molecule has 1 amide bonds. The fourth-order valence-electron chi connectivity index (χ4n) is 3.20. The molecule has 0 unspecified atom stereocenters. The Labute approximate surface area is 227 Å². The summed E-state index contributed by atoms with van der Waals surface area (Å²) in [5.41, 5.74) is 1.95. The summed E-state index contributed by atoms with van der Waals surface area (Å²) in [4.78, 5) is 25.5. The average molecular weight is 617 g/mol. The first-order chi connectivity index (χ1) is 17.3. The van der Waals surface area contributed by atoms with Gasteiger partial charge in [0.15, 0.2) is 11.5 Å². The molecule has 0 saturated carbocycles. The van der Waals surface area contributed by atoms with Gasteiger partial charge in [-0.2, -0.15) is 5.26 Å². The Balaban J connectivity index is 1.90. The summed E-state index contributed by atoms with van der Waals surface area (Å²) in [6.45, 7) is 3.91. The third-order valence-corrected chi connectivity index (χ3v) is 6.10. The van der Waals surface area contributed by atoms with E-state index in [9.17, 15) is 14.9 Å². The van der Waals surface area contributed by atoms with Crippen LogP contribution >= 0.6 is 34.2 Å². The maximum atomic E-state index is 12.8. The first-order valence-corrected chi connectivity index (χ1v) is 12.2. The van der Waals surface area contributed by atoms with Crippen LogP contribution in [0.15, 0.2) is 60.2 Å². The molecule has 3 aromatic rings. The average Bonchev–Trinajstić information content (AvgIpc) is 2.86. The molecule has 1 N–H and O–H groups in total. The monoisotopic (exact) mass is 616 g/mol. The zero-order chi connectivity index (χ0) is 26.2. The molecule has 7 nitrogen and oxygen atoms in total. The van der Waals surface area contributed by atoms with Crippen LogP contribution in [0.3, 0.4) is 0 Å². The van der Waals surface area contributed by atoms with Crippen molar-refractivity contribution in [1.82, 2.24) is 0 Å². The molecule has 3 aromatic carbocycles. The second kappa shape index (κ2) is 12.4. The molecule has 184 valence electrons. The second-order valence-corrected chi connectivity index (χ2v) is 9.01. The molecule has 0 atom stereocenters. The molecule has 0 radical (unpaired) electrons. The highest BCUT2D eigenvalue weighted by Crippen LogP contribution is 2.36. The number of nitriles is 1. The van der Waals surface area contributed by atoms with Crippen molar-refractivity contribution in [2.24, 2.45) is 0 Å². The Hall–Kier alpha value is -3.55. The molecule has 0 aliphatic carbocycles. The van der Waals surface area contributed by atoms with E-state index >= 15 is 0 Å². The van der Waals surface area contributed by atoms with Crippen molar-refractivity contribution in [3.63, 3.8) is 0 Å². The predicted molar refractivity (Wildman–Crippen MR) is 147 cm³/mol. The van der Waals surface area contributed by atoms with Crippen molar-refractivity contribution in [2.75, 3.05) is 19.0 Å². The number of benzene rings is 3. The molecule has 0 aliphatic heterocycles. The van der Waals surface area contributed by atoms with Crippen LogP contribution < -0.4 is 19.5 Å². The third-order valence-electron chi connectivity index (χ3n) is 4.99. The van der Waals surface area contributed by atoms with Gasteiger partial charge in [-0.3, -0.25) is 4.79 Å². The van der Waals surface area contributed by atoms with Gasteiger partial charge in [0, 0.05) is 0 Å². The van der Waals surface area contributed by atoms with Crippen LogP contribution in [-0.4, -0.2) is 25.6 Å². The van der Waals surface area contributed by atoms with Crippen molar-refractivity contribution in [3.05, 3.63) is 85.5 Å². The van der Waals surface area contributed by atoms with E-state index in [1.54, 1.807) is 75.6 Å². The molecule has 0 saturated heterocycles. The number of nitrogens with zero attached hydrogens (tertiary/aromatic N) is 1. The summed E-state index contributed by atoms with van der Waals surface area (Å²) in [7, 11) is 1.54. The van der Waals surface area contributed by atoms with Crippen LogP contribution in [0.5, 0.6) is 17.2 Å². The summed E-state index contributed by atoms with van der Waals surface area (Å²) >= 11 is 8.21. The Morgan fingerprint density at radius 1 is 1.17 bits per heavy atom. The highest BCUT2D eigenvalue weighted by atomic mass is 127.